The number of amides is 1. The lowest BCUT2D eigenvalue weighted by Crippen LogP contribution is -2.65. The lowest BCUT2D eigenvalue weighted by atomic mass is 9.57. The molecule has 0 radical (unpaired) electrons. The lowest BCUT2D eigenvalue weighted by Gasteiger charge is -2.50. The van der Waals surface area contributed by atoms with Gasteiger partial charge in [0.05, 0.1) is 18.7 Å². The lowest BCUT2D eigenvalue weighted by molar-refractivity contribution is -0.153. The molecule has 5 rings (SSSR count). The average molecular weight is 620 g/mol. The molecule has 4 atom stereocenters. The predicted molar refractivity (Wildman–Crippen MR) is 167 cm³/mol. The van der Waals surface area contributed by atoms with Crippen LogP contribution >= 0.6 is 0 Å². The smallest absolute Gasteiger partial charge is 0.255 e. The second kappa shape index (κ2) is 12.0. The zero-order chi connectivity index (χ0) is 33.0. The fourth-order valence-corrected chi connectivity index (χ4v) is 7.20. The van der Waals surface area contributed by atoms with Crippen molar-refractivity contribution in [3.63, 3.8) is 0 Å². The van der Waals surface area contributed by atoms with Crippen molar-refractivity contribution in [1.82, 2.24) is 10.2 Å². The second-order valence-corrected chi connectivity index (χ2v) is 12.8. The number of carbonyl (C=O) groups excluding carboxylic acids is 3. The van der Waals surface area contributed by atoms with Gasteiger partial charge in [0, 0.05) is 23.6 Å². The van der Waals surface area contributed by atoms with Gasteiger partial charge in [-0.2, -0.15) is 0 Å². The van der Waals surface area contributed by atoms with Gasteiger partial charge in [0.15, 0.2) is 11.4 Å². The van der Waals surface area contributed by atoms with E-state index >= 15 is 0 Å². The highest BCUT2D eigenvalue weighted by Gasteiger charge is 2.64. The fourth-order valence-electron chi connectivity index (χ4n) is 7.20. The number of phenols is 1. The molecule has 1 saturated carbocycles. The molecule has 240 valence electrons. The fraction of sp³-hybridized carbons (Fsp3) is 0.441. The van der Waals surface area contributed by atoms with Crippen molar-refractivity contribution in [2.24, 2.45) is 23.5 Å². The van der Waals surface area contributed by atoms with Crippen molar-refractivity contribution >= 4 is 23.2 Å². The first kappa shape index (κ1) is 32.2. The van der Waals surface area contributed by atoms with Crippen molar-refractivity contribution in [2.75, 3.05) is 27.7 Å². The number of fused-ring (bicyclic) bond motifs is 3. The highest BCUT2D eigenvalue weighted by atomic mass is 16.5. The summed E-state index contributed by atoms with van der Waals surface area (Å²) in [5.74, 6) is -5.69. The molecule has 7 N–H and O–H groups in total. The summed E-state index contributed by atoms with van der Waals surface area (Å²) in [5.41, 5.74) is 4.72. The van der Waals surface area contributed by atoms with Crippen molar-refractivity contribution in [3.05, 3.63) is 63.9 Å². The van der Waals surface area contributed by atoms with Crippen molar-refractivity contribution in [1.29, 1.82) is 0 Å². The summed E-state index contributed by atoms with van der Waals surface area (Å²) in [6, 6.07) is 7.84. The molecule has 0 heterocycles. The number of benzene rings is 2. The van der Waals surface area contributed by atoms with E-state index in [1.54, 1.807) is 27.3 Å². The standard InChI is InChI=1S/C34H41N3O8/c1-16(2)10-11-36-15-17-6-9-24(45-5)20(12-17)19-7-8-23(38)26-21(19)13-18-14-22-28(37(3)4)30(40)27(33(35)43)32(42)34(22,44)31(41)25(18)29(26)39/h6-9,12,16,18,22,28,36,38-39,42,44H,10-11,13-15H2,1-5H3,(H2,35,43)/t18-,22-,28-,34-/m0/s1. The van der Waals surface area contributed by atoms with Crippen LogP contribution in [0.3, 0.4) is 0 Å². The number of aliphatic hydroxyl groups is 3. The summed E-state index contributed by atoms with van der Waals surface area (Å²) >= 11 is 0. The molecule has 11 heteroatoms. The number of aliphatic hydroxyl groups excluding tert-OH is 2. The van der Waals surface area contributed by atoms with Gasteiger partial charge >= 0.3 is 0 Å². The van der Waals surface area contributed by atoms with Crippen LogP contribution in [-0.2, 0) is 27.3 Å². The zero-order valence-electron chi connectivity index (χ0n) is 26.2. The van der Waals surface area contributed by atoms with Crippen LogP contribution in [0.25, 0.3) is 16.9 Å². The largest absolute Gasteiger partial charge is 0.508 e. The number of phenolic OH excluding ortho intramolecular Hbond substituents is 1. The Hall–Kier alpha value is -4.19. The number of aromatic hydroxyl groups is 1. The van der Waals surface area contributed by atoms with Crippen LogP contribution in [0.5, 0.6) is 11.5 Å². The number of rotatable bonds is 9. The van der Waals surface area contributed by atoms with Crippen molar-refractivity contribution < 1.29 is 39.5 Å². The first-order valence-electron chi connectivity index (χ1n) is 15.1. The minimum Gasteiger partial charge on any atom is -0.508 e. The van der Waals surface area contributed by atoms with Crippen LogP contribution in [0.4, 0.5) is 0 Å². The van der Waals surface area contributed by atoms with E-state index < -0.39 is 58.0 Å². The Morgan fingerprint density at radius 1 is 1.13 bits per heavy atom. The highest BCUT2D eigenvalue weighted by molar-refractivity contribution is 6.24. The number of ketones is 2. The van der Waals surface area contributed by atoms with Crippen LogP contribution in [-0.4, -0.2) is 82.2 Å². The third kappa shape index (κ3) is 5.18. The first-order chi connectivity index (χ1) is 21.2. The molecular weight excluding hydrogens is 578 g/mol. The number of hydrogen-bond donors (Lipinski definition) is 6. The Balaban J connectivity index is 1.64. The van der Waals surface area contributed by atoms with Gasteiger partial charge in [0.25, 0.3) is 5.91 Å². The number of carbonyl (C=O) groups is 3. The molecule has 0 bridgehead atoms. The second-order valence-electron chi connectivity index (χ2n) is 12.8. The van der Waals surface area contributed by atoms with Crippen LogP contribution < -0.4 is 15.8 Å². The molecule has 1 fully saturated rings. The maximum atomic E-state index is 14.1. The third-order valence-corrected chi connectivity index (χ3v) is 9.39. The minimum absolute atomic E-state index is 0.0117. The molecule has 2 aromatic rings. The van der Waals surface area contributed by atoms with Crippen LogP contribution in [0, 0.1) is 17.8 Å². The number of nitrogens with zero attached hydrogens (tertiary/aromatic N) is 1. The minimum atomic E-state index is -2.68. The number of likely N-dealkylation sites (N-methyl/N-ethyl adjacent to an activating group) is 1. The van der Waals surface area contributed by atoms with E-state index in [4.69, 9.17) is 10.5 Å². The molecule has 0 aliphatic heterocycles. The number of ether oxygens (including phenoxy) is 1. The van der Waals surface area contributed by atoms with E-state index in [1.807, 2.05) is 18.2 Å². The van der Waals surface area contributed by atoms with E-state index in [1.165, 1.54) is 11.0 Å². The van der Waals surface area contributed by atoms with Crippen molar-refractivity contribution in [2.45, 2.75) is 51.3 Å². The highest BCUT2D eigenvalue weighted by Crippen LogP contribution is 2.54. The number of methoxy groups -OCH3 is 1. The topological polar surface area (TPSA) is 183 Å². The molecule has 0 unspecified atom stereocenters. The van der Waals surface area contributed by atoms with Gasteiger partial charge < -0.3 is 36.2 Å². The molecular formula is C34H41N3O8. The molecule has 0 aromatic heterocycles. The average Bonchev–Trinajstić information content (AvgIpc) is 2.97. The molecule has 1 amide bonds. The van der Waals surface area contributed by atoms with E-state index in [0.717, 1.165) is 24.1 Å². The third-order valence-electron chi connectivity index (χ3n) is 9.39. The molecule has 0 saturated heterocycles. The Labute approximate surface area is 262 Å². The van der Waals surface area contributed by atoms with Crippen LogP contribution in [0.1, 0.15) is 43.4 Å². The maximum Gasteiger partial charge on any atom is 0.255 e. The Morgan fingerprint density at radius 2 is 1.84 bits per heavy atom. The number of nitrogens with two attached hydrogens (primary N) is 1. The molecule has 45 heavy (non-hydrogen) atoms. The number of hydrogen-bond acceptors (Lipinski definition) is 10. The quantitative estimate of drug-likeness (QED) is 0.180. The SMILES string of the molecule is COc1ccc(CNCCC(C)C)cc1-c1ccc(O)c2c1C[C@H]1C[C@H]3[C@H](N(C)C)C(=O)C(C(N)=O)=C(O)[C@@]3(O)C(=O)C1=C2O. The summed E-state index contributed by atoms with van der Waals surface area (Å²) in [5, 5.41) is 48.9. The van der Waals surface area contributed by atoms with Crippen LogP contribution in [0.2, 0.25) is 0 Å². The van der Waals surface area contributed by atoms with Gasteiger partial charge in [-0.25, -0.2) is 0 Å². The maximum absolute atomic E-state index is 14.1. The van der Waals surface area contributed by atoms with Gasteiger partial charge in [0.2, 0.25) is 5.78 Å². The number of nitrogens with one attached hydrogen (secondary N) is 1. The van der Waals surface area contributed by atoms with Gasteiger partial charge in [-0.1, -0.05) is 26.0 Å². The summed E-state index contributed by atoms with van der Waals surface area (Å²) in [6.07, 6.45) is 1.23. The Kier molecular flexibility index (Phi) is 8.56. The summed E-state index contributed by atoms with van der Waals surface area (Å²) in [4.78, 5) is 41.2. The number of primary amides is 1. The van der Waals surface area contributed by atoms with Gasteiger partial charge in [-0.3, -0.25) is 19.3 Å². The van der Waals surface area contributed by atoms with E-state index in [-0.39, 0.29) is 29.7 Å². The van der Waals surface area contributed by atoms with E-state index in [9.17, 15) is 34.8 Å². The predicted octanol–water partition coefficient (Wildman–Crippen LogP) is 2.78. The normalized spacial score (nSPS) is 24.6. The molecule has 3 aliphatic carbocycles. The molecule has 2 aromatic carbocycles. The zero-order valence-corrected chi connectivity index (χ0v) is 26.2. The summed E-state index contributed by atoms with van der Waals surface area (Å²) in [7, 11) is 4.70. The summed E-state index contributed by atoms with van der Waals surface area (Å²) in [6.45, 7) is 5.82. The summed E-state index contributed by atoms with van der Waals surface area (Å²) < 4.78 is 5.70. The van der Waals surface area contributed by atoms with E-state index in [2.05, 4.69) is 19.2 Å². The molecule has 0 spiro atoms. The molecule has 11 nitrogen and oxygen atoms in total. The molecule has 3 aliphatic rings. The number of Topliss-reactive ketones (excluding diaryl/α,β-unsaturated/α-hetero) is 2. The Morgan fingerprint density at radius 3 is 2.47 bits per heavy atom. The van der Waals surface area contributed by atoms with Crippen molar-refractivity contribution in [3.8, 4) is 22.6 Å². The van der Waals surface area contributed by atoms with Gasteiger partial charge in [0.1, 0.15) is 28.6 Å². The van der Waals surface area contributed by atoms with Gasteiger partial charge in [-0.05, 0) is 86.6 Å². The van der Waals surface area contributed by atoms with Crippen LogP contribution in [0.15, 0.2) is 47.2 Å². The van der Waals surface area contributed by atoms with E-state index in [0.29, 0.717) is 29.3 Å². The Bertz CT molecular complexity index is 1640. The van der Waals surface area contributed by atoms with Gasteiger partial charge in [-0.15, -0.1) is 0 Å². The first-order valence-corrected chi connectivity index (χ1v) is 15.1. The monoisotopic (exact) mass is 619 g/mol.